The molecule has 2 unspecified atom stereocenters. The van der Waals surface area contributed by atoms with E-state index in [4.69, 9.17) is 0 Å². The lowest BCUT2D eigenvalue weighted by Crippen LogP contribution is -2.50. The smallest absolute Gasteiger partial charge is 0.240 e. The van der Waals surface area contributed by atoms with Crippen LogP contribution in [0.2, 0.25) is 0 Å². The summed E-state index contributed by atoms with van der Waals surface area (Å²) in [7, 11) is 1.84. The van der Waals surface area contributed by atoms with E-state index in [2.05, 4.69) is 10.3 Å². The normalized spacial score (nSPS) is 22.6. The molecule has 1 aliphatic rings. The van der Waals surface area contributed by atoms with Gasteiger partial charge in [-0.25, -0.2) is 0 Å². The molecule has 1 aromatic rings. The first kappa shape index (κ1) is 12.0. The molecule has 17 heavy (non-hydrogen) atoms. The molecule has 1 aromatic heterocycles. The summed E-state index contributed by atoms with van der Waals surface area (Å²) in [5.41, 5.74) is 0.956. The number of hydrogen-bond acceptors (Lipinski definition) is 3. The minimum absolute atomic E-state index is 0.0325. The molecular weight excluding hydrogens is 214 g/mol. The van der Waals surface area contributed by atoms with Gasteiger partial charge in [0.1, 0.15) is 0 Å². The molecule has 2 heterocycles. The van der Waals surface area contributed by atoms with Crippen LogP contribution in [0.1, 0.15) is 31.5 Å². The van der Waals surface area contributed by atoms with E-state index in [0.29, 0.717) is 0 Å². The van der Waals surface area contributed by atoms with Crippen LogP contribution in [0.15, 0.2) is 24.4 Å². The highest BCUT2D eigenvalue weighted by molar-refractivity contribution is 5.82. The van der Waals surface area contributed by atoms with Gasteiger partial charge in [0.25, 0.3) is 0 Å². The first-order valence-electron chi connectivity index (χ1n) is 6.12. The molecule has 4 nitrogen and oxygen atoms in total. The molecule has 1 fully saturated rings. The molecule has 1 amide bonds. The van der Waals surface area contributed by atoms with Crippen LogP contribution in [0.5, 0.6) is 0 Å². The lowest BCUT2D eigenvalue weighted by Gasteiger charge is -2.36. The van der Waals surface area contributed by atoms with Gasteiger partial charge in [0.15, 0.2) is 0 Å². The molecule has 0 aromatic carbocycles. The second kappa shape index (κ2) is 5.27. The van der Waals surface area contributed by atoms with Crippen molar-refractivity contribution in [2.45, 2.75) is 31.8 Å². The van der Waals surface area contributed by atoms with Crippen LogP contribution in [0, 0.1) is 0 Å². The Kier molecular flexibility index (Phi) is 3.74. The number of amides is 1. The van der Waals surface area contributed by atoms with Gasteiger partial charge in [-0.2, -0.15) is 0 Å². The molecule has 1 aliphatic heterocycles. The van der Waals surface area contributed by atoms with Crippen LogP contribution < -0.4 is 5.32 Å². The summed E-state index contributed by atoms with van der Waals surface area (Å²) in [5, 5.41) is 3.08. The number of nitrogens with zero attached hydrogens (tertiary/aromatic N) is 2. The van der Waals surface area contributed by atoms with Crippen LogP contribution in [-0.4, -0.2) is 35.4 Å². The number of nitrogens with one attached hydrogen (secondary N) is 1. The van der Waals surface area contributed by atoms with Crippen LogP contribution >= 0.6 is 0 Å². The van der Waals surface area contributed by atoms with Gasteiger partial charge in [-0.3, -0.25) is 9.78 Å². The summed E-state index contributed by atoms with van der Waals surface area (Å²) < 4.78 is 0. The summed E-state index contributed by atoms with van der Waals surface area (Å²) in [4.78, 5) is 18.5. The van der Waals surface area contributed by atoms with Crippen molar-refractivity contribution in [1.29, 1.82) is 0 Å². The molecule has 92 valence electrons. The number of rotatable bonds is 3. The molecule has 0 spiro atoms. The Morgan fingerprint density at radius 3 is 3.00 bits per heavy atom. The lowest BCUT2D eigenvalue weighted by atomic mass is 10.0. The van der Waals surface area contributed by atoms with E-state index in [0.717, 1.165) is 25.1 Å². The Labute approximate surface area is 102 Å². The van der Waals surface area contributed by atoms with Gasteiger partial charge in [-0.05, 0) is 38.9 Å². The summed E-state index contributed by atoms with van der Waals surface area (Å²) in [6, 6.07) is 5.85. The largest absolute Gasteiger partial charge is 0.333 e. The highest BCUT2D eigenvalue weighted by Crippen LogP contribution is 2.23. The van der Waals surface area contributed by atoms with Crippen LogP contribution in [-0.2, 0) is 4.79 Å². The summed E-state index contributed by atoms with van der Waals surface area (Å²) >= 11 is 0. The third-order valence-corrected chi connectivity index (χ3v) is 3.40. The number of likely N-dealkylation sites (N-methyl/N-ethyl adjacent to an activating group) is 1. The summed E-state index contributed by atoms with van der Waals surface area (Å²) in [6.07, 6.45) is 3.75. The Bertz CT molecular complexity index is 380. The minimum atomic E-state index is -0.0325. The van der Waals surface area contributed by atoms with E-state index in [1.54, 1.807) is 6.20 Å². The highest BCUT2D eigenvalue weighted by atomic mass is 16.2. The third kappa shape index (κ3) is 2.47. The number of carbonyl (C=O) groups is 1. The van der Waals surface area contributed by atoms with Gasteiger partial charge in [0, 0.05) is 12.7 Å². The predicted octanol–water partition coefficient (Wildman–Crippen LogP) is 1.35. The van der Waals surface area contributed by atoms with Crippen molar-refractivity contribution in [2.75, 3.05) is 13.6 Å². The second-order valence-corrected chi connectivity index (χ2v) is 4.45. The average molecular weight is 233 g/mol. The molecule has 0 radical (unpaired) electrons. The van der Waals surface area contributed by atoms with Gasteiger partial charge in [-0.15, -0.1) is 0 Å². The topological polar surface area (TPSA) is 45.2 Å². The fraction of sp³-hybridized carbons (Fsp3) is 0.538. The van der Waals surface area contributed by atoms with E-state index in [1.165, 1.54) is 0 Å². The molecule has 1 saturated heterocycles. The number of likely N-dealkylation sites (tertiary alicyclic amines) is 1. The Morgan fingerprint density at radius 2 is 2.35 bits per heavy atom. The fourth-order valence-corrected chi connectivity index (χ4v) is 2.33. The standard InChI is InChI=1S/C13H19N3O/c1-10(11-6-3-4-8-15-11)16-9-5-7-12(14-2)13(16)17/h3-4,6,8,10,12,14H,5,7,9H2,1-2H3. The van der Waals surface area contributed by atoms with Crippen molar-refractivity contribution in [3.8, 4) is 0 Å². The van der Waals surface area contributed by atoms with Crippen molar-refractivity contribution in [3.63, 3.8) is 0 Å². The molecule has 2 atom stereocenters. The van der Waals surface area contributed by atoms with Gasteiger partial charge < -0.3 is 10.2 Å². The van der Waals surface area contributed by atoms with Crippen molar-refractivity contribution < 1.29 is 4.79 Å². The van der Waals surface area contributed by atoms with Crippen molar-refractivity contribution in [1.82, 2.24) is 15.2 Å². The quantitative estimate of drug-likeness (QED) is 0.857. The maximum Gasteiger partial charge on any atom is 0.240 e. The van der Waals surface area contributed by atoms with E-state index >= 15 is 0 Å². The zero-order chi connectivity index (χ0) is 12.3. The predicted molar refractivity (Wildman–Crippen MR) is 66.4 cm³/mol. The minimum Gasteiger partial charge on any atom is -0.333 e. The number of hydrogen-bond donors (Lipinski definition) is 1. The molecule has 0 saturated carbocycles. The van der Waals surface area contributed by atoms with E-state index in [9.17, 15) is 4.79 Å². The van der Waals surface area contributed by atoms with Crippen molar-refractivity contribution in [2.24, 2.45) is 0 Å². The third-order valence-electron chi connectivity index (χ3n) is 3.40. The molecule has 2 rings (SSSR count). The number of piperidine rings is 1. The zero-order valence-corrected chi connectivity index (χ0v) is 10.4. The fourth-order valence-electron chi connectivity index (χ4n) is 2.33. The first-order chi connectivity index (χ1) is 8.24. The van der Waals surface area contributed by atoms with E-state index in [1.807, 2.05) is 37.1 Å². The van der Waals surface area contributed by atoms with Crippen LogP contribution in [0.3, 0.4) is 0 Å². The van der Waals surface area contributed by atoms with Crippen LogP contribution in [0.4, 0.5) is 0 Å². The van der Waals surface area contributed by atoms with E-state index in [-0.39, 0.29) is 18.0 Å². The van der Waals surface area contributed by atoms with Crippen molar-refractivity contribution in [3.05, 3.63) is 30.1 Å². The summed E-state index contributed by atoms with van der Waals surface area (Å²) in [6.45, 7) is 2.87. The van der Waals surface area contributed by atoms with Crippen LogP contribution in [0.25, 0.3) is 0 Å². The molecule has 4 heteroatoms. The average Bonchev–Trinajstić information content (AvgIpc) is 2.39. The number of pyridine rings is 1. The van der Waals surface area contributed by atoms with E-state index < -0.39 is 0 Å². The maximum atomic E-state index is 12.2. The number of carbonyl (C=O) groups excluding carboxylic acids is 1. The number of aromatic nitrogens is 1. The van der Waals surface area contributed by atoms with Crippen molar-refractivity contribution >= 4 is 5.91 Å². The molecule has 1 N–H and O–H groups in total. The Hall–Kier alpha value is -1.42. The Balaban J connectivity index is 2.14. The van der Waals surface area contributed by atoms with Gasteiger partial charge in [0.2, 0.25) is 5.91 Å². The second-order valence-electron chi connectivity index (χ2n) is 4.45. The SMILES string of the molecule is CNC1CCCN(C(C)c2ccccn2)C1=O. The first-order valence-corrected chi connectivity index (χ1v) is 6.12. The van der Waals surface area contributed by atoms with Gasteiger partial charge in [0.05, 0.1) is 17.8 Å². The summed E-state index contributed by atoms with van der Waals surface area (Å²) in [5.74, 6) is 0.192. The molecular formula is C13H19N3O. The Morgan fingerprint density at radius 1 is 1.53 bits per heavy atom. The molecule has 0 bridgehead atoms. The zero-order valence-electron chi connectivity index (χ0n) is 10.4. The molecule has 0 aliphatic carbocycles. The van der Waals surface area contributed by atoms with Gasteiger partial charge in [-0.1, -0.05) is 6.07 Å². The highest BCUT2D eigenvalue weighted by Gasteiger charge is 2.31. The lowest BCUT2D eigenvalue weighted by molar-refractivity contribution is -0.138. The monoisotopic (exact) mass is 233 g/mol. The van der Waals surface area contributed by atoms with Gasteiger partial charge >= 0.3 is 0 Å². The maximum absolute atomic E-state index is 12.2.